The molecule has 1 heterocycles. The van der Waals surface area contributed by atoms with Crippen molar-refractivity contribution in [1.82, 2.24) is 0 Å². The number of rotatable bonds is 4. The Morgan fingerprint density at radius 1 is 1.13 bits per heavy atom. The van der Waals surface area contributed by atoms with Crippen molar-refractivity contribution in [3.63, 3.8) is 0 Å². The normalized spacial score (nSPS) is 16.2. The molecule has 2 aromatic carbocycles. The third kappa shape index (κ3) is 3.73. The molecule has 0 aromatic heterocycles. The summed E-state index contributed by atoms with van der Waals surface area (Å²) in [6.45, 7) is 0.0625. The van der Waals surface area contributed by atoms with Crippen LogP contribution in [0.5, 0.6) is 11.5 Å². The Labute approximate surface area is 135 Å². The lowest BCUT2D eigenvalue weighted by Gasteiger charge is -2.25. The van der Waals surface area contributed by atoms with E-state index in [1.807, 2.05) is 0 Å². The Morgan fingerprint density at radius 3 is 2.61 bits per heavy atom. The maximum atomic E-state index is 12.6. The van der Waals surface area contributed by atoms with Gasteiger partial charge in [0.1, 0.15) is 6.61 Å². The molecule has 120 valence electrons. The minimum Gasteiger partial charge on any atom is -0.485 e. The fourth-order valence-corrected chi connectivity index (χ4v) is 2.73. The van der Waals surface area contributed by atoms with Gasteiger partial charge in [-0.3, -0.25) is 4.79 Å². The summed E-state index contributed by atoms with van der Waals surface area (Å²) in [5.41, 5.74) is 0.324. The topological polar surface area (TPSA) is 47.6 Å². The van der Waals surface area contributed by atoms with E-state index in [0.29, 0.717) is 33.8 Å². The van der Waals surface area contributed by atoms with Crippen molar-refractivity contribution in [2.75, 3.05) is 11.9 Å². The molecule has 2 aromatic rings. The molecule has 0 saturated heterocycles. The van der Waals surface area contributed by atoms with E-state index in [-0.39, 0.29) is 6.61 Å². The van der Waals surface area contributed by atoms with Crippen molar-refractivity contribution < 1.29 is 23.0 Å². The van der Waals surface area contributed by atoms with Crippen LogP contribution in [0.1, 0.15) is 0 Å². The van der Waals surface area contributed by atoms with Crippen LogP contribution >= 0.6 is 11.8 Å². The molecular weight excluding hydrogens is 324 g/mol. The quantitative estimate of drug-likeness (QED) is 0.863. The number of amides is 1. The van der Waals surface area contributed by atoms with Crippen molar-refractivity contribution in [3.05, 3.63) is 48.5 Å². The molecule has 0 radical (unpaired) electrons. The van der Waals surface area contributed by atoms with Crippen LogP contribution in [0.3, 0.4) is 0 Å². The molecule has 3 rings (SSSR count). The van der Waals surface area contributed by atoms with Gasteiger partial charge in [-0.2, -0.15) is 8.78 Å². The number of halogens is 2. The first-order chi connectivity index (χ1) is 11.1. The third-order valence-corrected chi connectivity index (χ3v) is 3.95. The van der Waals surface area contributed by atoms with Crippen LogP contribution in [0.2, 0.25) is 0 Å². The molecule has 4 nitrogen and oxygen atoms in total. The number of carbonyl (C=O) groups is 1. The Balaban J connectivity index is 1.71. The lowest BCUT2D eigenvalue weighted by molar-refractivity contribution is -0.125. The first-order valence-electron chi connectivity index (χ1n) is 6.86. The standard InChI is InChI=1S/C16H13F2NO3S/c17-16(18)23-14-8-4-1-5-10(14)19-15(20)13-9-21-11-6-2-3-7-12(11)22-13/h1-8,13,16H,9H2,(H,19,20). The van der Waals surface area contributed by atoms with E-state index in [1.54, 1.807) is 42.5 Å². The Hall–Kier alpha value is -2.28. The Kier molecular flexibility index (Phi) is 4.66. The molecule has 0 fully saturated rings. The number of para-hydroxylation sites is 3. The molecule has 1 amide bonds. The third-order valence-electron chi connectivity index (χ3n) is 3.16. The van der Waals surface area contributed by atoms with E-state index < -0.39 is 17.8 Å². The molecule has 0 bridgehead atoms. The van der Waals surface area contributed by atoms with Crippen LogP contribution in [0, 0.1) is 0 Å². The first-order valence-corrected chi connectivity index (χ1v) is 7.74. The minimum atomic E-state index is -2.56. The maximum absolute atomic E-state index is 12.6. The summed E-state index contributed by atoms with van der Waals surface area (Å²) in [4.78, 5) is 12.6. The van der Waals surface area contributed by atoms with E-state index >= 15 is 0 Å². The van der Waals surface area contributed by atoms with Gasteiger partial charge in [0.25, 0.3) is 11.7 Å². The van der Waals surface area contributed by atoms with Gasteiger partial charge in [-0.1, -0.05) is 36.0 Å². The maximum Gasteiger partial charge on any atom is 0.288 e. The number of benzene rings is 2. The zero-order chi connectivity index (χ0) is 16.2. The lowest BCUT2D eigenvalue weighted by atomic mass is 10.2. The number of hydrogen-bond acceptors (Lipinski definition) is 4. The van der Waals surface area contributed by atoms with Gasteiger partial charge in [-0.05, 0) is 24.3 Å². The number of nitrogens with one attached hydrogen (secondary N) is 1. The van der Waals surface area contributed by atoms with E-state index in [2.05, 4.69) is 5.32 Å². The molecule has 7 heteroatoms. The van der Waals surface area contributed by atoms with E-state index in [0.717, 1.165) is 0 Å². The molecule has 1 aliphatic heterocycles. The average molecular weight is 337 g/mol. The smallest absolute Gasteiger partial charge is 0.288 e. The van der Waals surface area contributed by atoms with Crippen LogP contribution in [0.25, 0.3) is 0 Å². The van der Waals surface area contributed by atoms with Crippen molar-refractivity contribution in [2.24, 2.45) is 0 Å². The number of anilines is 1. The predicted octanol–water partition coefficient (Wildman–Crippen LogP) is 3.78. The van der Waals surface area contributed by atoms with E-state index in [1.165, 1.54) is 6.07 Å². The Morgan fingerprint density at radius 2 is 1.83 bits per heavy atom. The number of hydrogen-bond donors (Lipinski definition) is 1. The molecule has 1 aliphatic rings. The number of ether oxygens (including phenoxy) is 2. The minimum absolute atomic E-state index is 0.0625. The first kappa shape index (κ1) is 15.6. The van der Waals surface area contributed by atoms with Crippen LogP contribution < -0.4 is 14.8 Å². The highest BCUT2D eigenvalue weighted by Gasteiger charge is 2.27. The van der Waals surface area contributed by atoms with Crippen molar-refractivity contribution in [1.29, 1.82) is 0 Å². The molecule has 1 N–H and O–H groups in total. The van der Waals surface area contributed by atoms with Gasteiger partial charge in [-0.15, -0.1) is 0 Å². The van der Waals surface area contributed by atoms with Gasteiger partial charge in [-0.25, -0.2) is 0 Å². The summed E-state index contributed by atoms with van der Waals surface area (Å²) in [5, 5.41) is 2.62. The van der Waals surface area contributed by atoms with Crippen molar-refractivity contribution in [3.8, 4) is 11.5 Å². The number of alkyl halides is 2. The fourth-order valence-electron chi connectivity index (χ4n) is 2.13. The van der Waals surface area contributed by atoms with Crippen LogP contribution in [-0.4, -0.2) is 24.4 Å². The second kappa shape index (κ2) is 6.87. The zero-order valence-electron chi connectivity index (χ0n) is 11.9. The second-order valence-electron chi connectivity index (χ2n) is 4.73. The molecule has 1 atom stereocenters. The second-order valence-corrected chi connectivity index (χ2v) is 5.76. The van der Waals surface area contributed by atoms with Gasteiger partial charge in [0.2, 0.25) is 6.10 Å². The Bertz CT molecular complexity index is 711. The molecule has 1 unspecified atom stereocenters. The average Bonchev–Trinajstić information content (AvgIpc) is 2.55. The summed E-state index contributed by atoms with van der Waals surface area (Å²) in [6.07, 6.45) is -0.838. The monoisotopic (exact) mass is 337 g/mol. The number of thioether (sulfide) groups is 1. The number of carbonyl (C=O) groups excluding carboxylic acids is 1. The molecule has 0 saturated carbocycles. The van der Waals surface area contributed by atoms with Gasteiger partial charge in [0.15, 0.2) is 11.5 Å². The van der Waals surface area contributed by atoms with Crippen molar-refractivity contribution in [2.45, 2.75) is 16.8 Å². The summed E-state index contributed by atoms with van der Waals surface area (Å²) < 4.78 is 36.2. The van der Waals surface area contributed by atoms with Gasteiger partial charge < -0.3 is 14.8 Å². The SMILES string of the molecule is O=C(Nc1ccccc1SC(F)F)C1COc2ccccc2O1. The van der Waals surface area contributed by atoms with Crippen LogP contribution in [0.4, 0.5) is 14.5 Å². The van der Waals surface area contributed by atoms with Gasteiger partial charge >= 0.3 is 0 Å². The highest BCUT2D eigenvalue weighted by molar-refractivity contribution is 7.99. The largest absolute Gasteiger partial charge is 0.485 e. The lowest BCUT2D eigenvalue weighted by Crippen LogP contribution is -2.40. The molecular formula is C16H13F2NO3S. The number of fused-ring (bicyclic) bond motifs is 1. The van der Waals surface area contributed by atoms with E-state index in [9.17, 15) is 13.6 Å². The molecule has 0 spiro atoms. The van der Waals surface area contributed by atoms with E-state index in [4.69, 9.17) is 9.47 Å². The highest BCUT2D eigenvalue weighted by Crippen LogP contribution is 2.33. The molecule has 0 aliphatic carbocycles. The predicted molar refractivity (Wildman–Crippen MR) is 83.3 cm³/mol. The van der Waals surface area contributed by atoms with Gasteiger partial charge in [0.05, 0.1) is 5.69 Å². The van der Waals surface area contributed by atoms with Gasteiger partial charge in [0, 0.05) is 4.90 Å². The highest BCUT2D eigenvalue weighted by atomic mass is 32.2. The van der Waals surface area contributed by atoms with Crippen LogP contribution in [-0.2, 0) is 4.79 Å². The summed E-state index contributed by atoms with van der Waals surface area (Å²) >= 11 is 0.382. The zero-order valence-corrected chi connectivity index (χ0v) is 12.7. The van der Waals surface area contributed by atoms with Crippen molar-refractivity contribution >= 4 is 23.4 Å². The summed E-state index contributed by atoms with van der Waals surface area (Å²) in [5.74, 6) is -1.95. The van der Waals surface area contributed by atoms with Crippen LogP contribution in [0.15, 0.2) is 53.4 Å². The fraction of sp³-hybridized carbons (Fsp3) is 0.188. The molecule has 23 heavy (non-hydrogen) atoms. The summed E-state index contributed by atoms with van der Waals surface area (Å²) in [6, 6.07) is 13.4. The summed E-state index contributed by atoms with van der Waals surface area (Å²) in [7, 11) is 0.